The van der Waals surface area contributed by atoms with Gasteiger partial charge in [0, 0.05) is 22.9 Å². The first-order chi connectivity index (χ1) is 11.0. The van der Waals surface area contributed by atoms with E-state index in [-0.39, 0.29) is 10.8 Å². The van der Waals surface area contributed by atoms with Crippen molar-refractivity contribution in [3.05, 3.63) is 40.9 Å². The zero-order valence-corrected chi connectivity index (χ0v) is 15.1. The highest BCUT2D eigenvalue weighted by Gasteiger charge is 2.26. The third-order valence-corrected chi connectivity index (χ3v) is 6.53. The van der Waals surface area contributed by atoms with E-state index in [4.69, 9.17) is 0 Å². The summed E-state index contributed by atoms with van der Waals surface area (Å²) in [7, 11) is -3.66. The normalized spacial score (nSPS) is 15.8. The lowest BCUT2D eigenvalue weighted by Gasteiger charge is -2.26. The summed E-state index contributed by atoms with van der Waals surface area (Å²) in [6.07, 6.45) is 3.01. The topological polar surface area (TPSA) is 54.5 Å². The first-order valence-electron chi connectivity index (χ1n) is 7.67. The van der Waals surface area contributed by atoms with Crippen LogP contribution in [0.25, 0.3) is 10.8 Å². The second-order valence-corrected chi connectivity index (χ2v) is 8.60. The summed E-state index contributed by atoms with van der Waals surface area (Å²) < 4.78 is 26.3. The van der Waals surface area contributed by atoms with Crippen LogP contribution in [-0.4, -0.2) is 38.1 Å². The summed E-state index contributed by atoms with van der Waals surface area (Å²) >= 11 is 3.44. The molecular weight excluding hydrogens is 378 g/mol. The van der Waals surface area contributed by atoms with Crippen molar-refractivity contribution >= 4 is 42.4 Å². The number of halogens is 1. The van der Waals surface area contributed by atoms with Crippen LogP contribution in [0.2, 0.25) is 0 Å². The van der Waals surface area contributed by atoms with E-state index in [1.807, 2.05) is 12.1 Å². The van der Waals surface area contributed by atoms with E-state index in [1.54, 1.807) is 29.2 Å². The van der Waals surface area contributed by atoms with Gasteiger partial charge in [-0.15, -0.1) is 0 Å². The fourth-order valence-electron chi connectivity index (χ4n) is 2.98. The van der Waals surface area contributed by atoms with Crippen molar-refractivity contribution in [3.8, 4) is 0 Å². The highest BCUT2D eigenvalue weighted by Crippen LogP contribution is 2.30. The van der Waals surface area contributed by atoms with Gasteiger partial charge < -0.3 is 4.90 Å². The predicted octanol–water partition coefficient (Wildman–Crippen LogP) is 3.39. The fraction of sp³-hybridized carbons (Fsp3) is 0.353. The Balaban J connectivity index is 1.94. The molecule has 0 aliphatic carbocycles. The molecule has 0 unspecified atom stereocenters. The van der Waals surface area contributed by atoms with E-state index in [9.17, 15) is 13.2 Å². The molecule has 3 rings (SSSR count). The van der Waals surface area contributed by atoms with Crippen molar-refractivity contribution in [2.45, 2.75) is 24.2 Å². The van der Waals surface area contributed by atoms with Gasteiger partial charge in [-0.05, 0) is 36.8 Å². The number of hydrogen-bond acceptors (Lipinski definition) is 3. The number of carbonyl (C=O) groups excluding carboxylic acids is 1. The lowest BCUT2D eigenvalue weighted by Crippen LogP contribution is -2.39. The van der Waals surface area contributed by atoms with Gasteiger partial charge in [-0.1, -0.05) is 40.2 Å². The Morgan fingerprint density at radius 1 is 1.00 bits per heavy atom. The number of fused-ring (bicyclic) bond motifs is 1. The molecule has 0 spiro atoms. The number of carbonyl (C=O) groups is 1. The number of piperidine rings is 1. The average Bonchev–Trinajstić information content (AvgIpc) is 2.55. The smallest absolute Gasteiger partial charge is 0.238 e. The van der Waals surface area contributed by atoms with Crippen molar-refractivity contribution in [1.29, 1.82) is 0 Å². The van der Waals surface area contributed by atoms with Crippen LogP contribution in [0, 0.1) is 0 Å². The molecule has 23 heavy (non-hydrogen) atoms. The van der Waals surface area contributed by atoms with Crippen molar-refractivity contribution < 1.29 is 13.2 Å². The van der Waals surface area contributed by atoms with Crippen LogP contribution in [0.1, 0.15) is 19.3 Å². The summed E-state index contributed by atoms with van der Waals surface area (Å²) in [5.74, 6) is -0.754. The molecule has 1 aliphatic rings. The Kier molecular flexibility index (Phi) is 4.73. The maximum Gasteiger partial charge on any atom is 0.238 e. The van der Waals surface area contributed by atoms with Gasteiger partial charge in [-0.25, -0.2) is 8.42 Å². The first kappa shape index (κ1) is 16.5. The molecule has 0 radical (unpaired) electrons. The van der Waals surface area contributed by atoms with Gasteiger partial charge in [-0.2, -0.15) is 0 Å². The second kappa shape index (κ2) is 6.61. The SMILES string of the molecule is O=C(CS(=O)(=O)c1ccc(Br)c2ccccc12)N1CCCCC1. The minimum absolute atomic E-state index is 0.224. The molecule has 1 aliphatic heterocycles. The largest absolute Gasteiger partial charge is 0.342 e. The van der Waals surface area contributed by atoms with Crippen LogP contribution >= 0.6 is 15.9 Å². The third kappa shape index (κ3) is 3.43. The van der Waals surface area contributed by atoms with Crippen LogP contribution < -0.4 is 0 Å². The summed E-state index contributed by atoms with van der Waals surface area (Å²) in [5, 5.41) is 1.48. The number of nitrogens with zero attached hydrogens (tertiary/aromatic N) is 1. The minimum atomic E-state index is -3.66. The number of hydrogen-bond donors (Lipinski definition) is 0. The molecule has 0 bridgehead atoms. The Hall–Kier alpha value is -1.40. The Labute approximate surface area is 144 Å². The molecule has 2 aromatic rings. The maximum absolute atomic E-state index is 12.7. The van der Waals surface area contributed by atoms with Gasteiger partial charge in [-0.3, -0.25) is 4.79 Å². The number of sulfone groups is 1. The molecule has 122 valence electrons. The third-order valence-electron chi connectivity index (χ3n) is 4.19. The summed E-state index contributed by atoms with van der Waals surface area (Å²) in [6, 6.07) is 10.6. The first-order valence-corrected chi connectivity index (χ1v) is 10.1. The fourth-order valence-corrected chi connectivity index (χ4v) is 4.91. The van der Waals surface area contributed by atoms with E-state index in [2.05, 4.69) is 15.9 Å². The second-order valence-electron chi connectivity index (χ2n) is 5.79. The predicted molar refractivity (Wildman–Crippen MR) is 94.1 cm³/mol. The number of benzene rings is 2. The molecule has 0 atom stereocenters. The summed E-state index contributed by atoms with van der Waals surface area (Å²) in [5.41, 5.74) is 0. The highest BCUT2D eigenvalue weighted by atomic mass is 79.9. The van der Waals surface area contributed by atoms with Crippen molar-refractivity contribution in [2.75, 3.05) is 18.8 Å². The Morgan fingerprint density at radius 2 is 1.65 bits per heavy atom. The van der Waals surface area contributed by atoms with Crippen LogP contribution in [0.15, 0.2) is 45.8 Å². The molecule has 1 saturated heterocycles. The Bertz CT molecular complexity index is 842. The lowest BCUT2D eigenvalue weighted by molar-refractivity contribution is -0.129. The summed E-state index contributed by atoms with van der Waals surface area (Å²) in [6.45, 7) is 1.32. The molecule has 0 N–H and O–H groups in total. The standard InChI is InChI=1S/C17H18BrNO3S/c18-15-8-9-16(14-7-3-2-6-13(14)15)23(21,22)12-17(20)19-10-4-1-5-11-19/h2-3,6-9H,1,4-5,10-12H2. The zero-order chi connectivity index (χ0) is 16.4. The van der Waals surface area contributed by atoms with Crippen molar-refractivity contribution in [2.24, 2.45) is 0 Å². The average molecular weight is 396 g/mol. The van der Waals surface area contributed by atoms with Crippen molar-refractivity contribution in [3.63, 3.8) is 0 Å². The number of rotatable bonds is 3. The van der Waals surface area contributed by atoms with Crippen LogP contribution in [-0.2, 0) is 14.6 Å². The monoisotopic (exact) mass is 395 g/mol. The quantitative estimate of drug-likeness (QED) is 0.799. The zero-order valence-electron chi connectivity index (χ0n) is 12.7. The molecule has 1 amide bonds. The van der Waals surface area contributed by atoms with E-state index in [0.717, 1.165) is 29.1 Å². The molecule has 1 fully saturated rings. The maximum atomic E-state index is 12.7. The van der Waals surface area contributed by atoms with Crippen LogP contribution in [0.5, 0.6) is 0 Å². The van der Waals surface area contributed by atoms with Gasteiger partial charge >= 0.3 is 0 Å². The molecule has 0 aromatic heterocycles. The van der Waals surface area contributed by atoms with Crippen LogP contribution in [0.4, 0.5) is 0 Å². The van der Waals surface area contributed by atoms with Gasteiger partial charge in [0.05, 0.1) is 4.90 Å². The van der Waals surface area contributed by atoms with Gasteiger partial charge in [0.25, 0.3) is 0 Å². The van der Waals surface area contributed by atoms with E-state index < -0.39 is 15.6 Å². The van der Waals surface area contributed by atoms with Gasteiger partial charge in [0.1, 0.15) is 5.75 Å². The molecule has 0 saturated carbocycles. The number of amides is 1. The Morgan fingerprint density at radius 3 is 2.35 bits per heavy atom. The molecule has 1 heterocycles. The van der Waals surface area contributed by atoms with Crippen molar-refractivity contribution in [1.82, 2.24) is 4.90 Å². The van der Waals surface area contributed by atoms with Gasteiger partial charge in [0.15, 0.2) is 9.84 Å². The summed E-state index contributed by atoms with van der Waals surface area (Å²) in [4.78, 5) is 14.2. The lowest BCUT2D eigenvalue weighted by atomic mass is 10.1. The van der Waals surface area contributed by atoms with Gasteiger partial charge in [0.2, 0.25) is 5.91 Å². The molecule has 2 aromatic carbocycles. The van der Waals surface area contributed by atoms with Crippen LogP contribution in [0.3, 0.4) is 0 Å². The van der Waals surface area contributed by atoms with E-state index in [1.165, 1.54) is 0 Å². The molecule has 6 heteroatoms. The number of likely N-dealkylation sites (tertiary alicyclic amines) is 1. The highest BCUT2D eigenvalue weighted by molar-refractivity contribution is 9.10. The minimum Gasteiger partial charge on any atom is -0.342 e. The van der Waals surface area contributed by atoms with E-state index in [0.29, 0.717) is 18.5 Å². The van der Waals surface area contributed by atoms with E-state index >= 15 is 0 Å². The molecular formula is C17H18BrNO3S. The molecule has 4 nitrogen and oxygen atoms in total.